The van der Waals surface area contributed by atoms with Crippen molar-refractivity contribution < 1.29 is 4.79 Å². The molecule has 5 nitrogen and oxygen atoms in total. The van der Waals surface area contributed by atoms with Crippen molar-refractivity contribution in [1.29, 1.82) is 0 Å². The van der Waals surface area contributed by atoms with Gasteiger partial charge in [-0.1, -0.05) is 57.6 Å². The number of hydrogen-bond acceptors (Lipinski definition) is 5. The summed E-state index contributed by atoms with van der Waals surface area (Å²) in [4.78, 5) is 17.8. The van der Waals surface area contributed by atoms with Gasteiger partial charge in [0.15, 0.2) is 0 Å². The molecule has 2 heterocycles. The second-order valence-corrected chi connectivity index (χ2v) is 8.68. The Hall–Kier alpha value is -2.64. The topological polar surface area (TPSA) is 67.8 Å². The Kier molecular flexibility index (Phi) is 4.41. The first kappa shape index (κ1) is 17.5. The summed E-state index contributed by atoms with van der Waals surface area (Å²) in [5.74, 6) is 0.323. The van der Waals surface area contributed by atoms with Gasteiger partial charge >= 0.3 is 0 Å². The third kappa shape index (κ3) is 3.43. The Morgan fingerprint density at radius 1 is 1.07 bits per heavy atom. The van der Waals surface area contributed by atoms with E-state index in [4.69, 9.17) is 4.98 Å². The molecule has 138 valence electrons. The summed E-state index contributed by atoms with van der Waals surface area (Å²) < 4.78 is 0.998. The summed E-state index contributed by atoms with van der Waals surface area (Å²) in [6.45, 7) is 0. The Bertz CT molecular complexity index is 1180. The quantitative estimate of drug-likeness (QED) is 0.436. The van der Waals surface area contributed by atoms with Crippen LogP contribution in [0.15, 0.2) is 59.1 Å². The van der Waals surface area contributed by atoms with E-state index in [1.165, 1.54) is 11.3 Å². The van der Waals surface area contributed by atoms with Crippen LogP contribution >= 0.6 is 27.3 Å². The summed E-state index contributed by atoms with van der Waals surface area (Å²) >= 11 is 4.91. The van der Waals surface area contributed by atoms with E-state index in [1.807, 2.05) is 54.6 Å². The zero-order valence-electron chi connectivity index (χ0n) is 14.7. The number of amides is 1. The van der Waals surface area contributed by atoms with Gasteiger partial charge in [-0.25, -0.2) is 4.98 Å². The molecule has 4 aromatic rings. The second-order valence-electron chi connectivity index (χ2n) is 6.75. The summed E-state index contributed by atoms with van der Waals surface area (Å²) in [7, 11) is 0. The highest BCUT2D eigenvalue weighted by Crippen LogP contribution is 2.42. The van der Waals surface area contributed by atoms with E-state index in [1.54, 1.807) is 0 Å². The number of halogens is 1. The van der Waals surface area contributed by atoms with Gasteiger partial charge in [-0.05, 0) is 37.1 Å². The first-order chi connectivity index (χ1) is 13.7. The third-order valence-corrected chi connectivity index (χ3v) is 6.22. The number of aromatic nitrogens is 3. The van der Waals surface area contributed by atoms with Crippen LogP contribution in [0.25, 0.3) is 22.2 Å². The van der Waals surface area contributed by atoms with Gasteiger partial charge < -0.3 is 0 Å². The summed E-state index contributed by atoms with van der Waals surface area (Å²) in [5, 5.41) is 13.6. The molecule has 28 heavy (non-hydrogen) atoms. The van der Waals surface area contributed by atoms with E-state index >= 15 is 0 Å². The van der Waals surface area contributed by atoms with Crippen molar-refractivity contribution in [3.63, 3.8) is 0 Å². The first-order valence-corrected chi connectivity index (χ1v) is 10.6. The molecular weight excluding hydrogens is 436 g/mol. The fourth-order valence-corrected chi connectivity index (χ4v) is 4.25. The van der Waals surface area contributed by atoms with E-state index in [2.05, 4.69) is 31.4 Å². The maximum absolute atomic E-state index is 13.1. The van der Waals surface area contributed by atoms with Crippen molar-refractivity contribution in [2.75, 3.05) is 5.32 Å². The standard InChI is InChI=1S/C21H15BrN4OS/c22-14-9-7-12(8-10-14)18-11-16(15-3-1-2-4-17(15)23-18)19(27)24-21-26-25-20(28-21)13-5-6-13/h1-4,7-11,13H,5-6H2,(H,24,26,27). The maximum Gasteiger partial charge on any atom is 0.258 e. The van der Waals surface area contributed by atoms with E-state index in [0.717, 1.165) is 44.5 Å². The number of anilines is 1. The van der Waals surface area contributed by atoms with Gasteiger partial charge in [-0.2, -0.15) is 0 Å². The first-order valence-electron chi connectivity index (χ1n) is 8.98. The average molecular weight is 451 g/mol. The molecule has 1 aliphatic rings. The highest BCUT2D eigenvalue weighted by molar-refractivity contribution is 9.10. The van der Waals surface area contributed by atoms with Crippen LogP contribution in [-0.4, -0.2) is 21.1 Å². The van der Waals surface area contributed by atoms with Crippen LogP contribution in [0.5, 0.6) is 0 Å². The molecule has 1 amide bonds. The van der Waals surface area contributed by atoms with Crippen molar-refractivity contribution in [3.8, 4) is 11.3 Å². The molecular formula is C21H15BrN4OS. The van der Waals surface area contributed by atoms with Gasteiger partial charge in [-0.3, -0.25) is 10.1 Å². The lowest BCUT2D eigenvalue weighted by Crippen LogP contribution is -2.13. The van der Waals surface area contributed by atoms with Crippen LogP contribution in [0.1, 0.15) is 34.1 Å². The van der Waals surface area contributed by atoms with Crippen LogP contribution in [0, 0.1) is 0 Å². The minimum absolute atomic E-state index is 0.199. The molecule has 0 aliphatic heterocycles. The molecule has 1 aliphatic carbocycles. The molecule has 7 heteroatoms. The van der Waals surface area contributed by atoms with E-state index < -0.39 is 0 Å². The fraction of sp³-hybridized carbons (Fsp3) is 0.143. The SMILES string of the molecule is O=C(Nc1nnc(C2CC2)s1)c1cc(-c2ccc(Br)cc2)nc2ccccc12. The second kappa shape index (κ2) is 7.07. The summed E-state index contributed by atoms with van der Waals surface area (Å²) in [6, 6.07) is 17.4. The molecule has 1 fully saturated rings. The highest BCUT2D eigenvalue weighted by Gasteiger charge is 2.28. The average Bonchev–Trinajstić information content (AvgIpc) is 3.47. The molecule has 2 aromatic carbocycles. The van der Waals surface area contributed by atoms with Crippen LogP contribution in [0.3, 0.4) is 0 Å². The predicted molar refractivity (Wildman–Crippen MR) is 115 cm³/mol. The van der Waals surface area contributed by atoms with Gasteiger partial charge in [-0.15, -0.1) is 10.2 Å². The molecule has 0 saturated heterocycles. The largest absolute Gasteiger partial charge is 0.296 e. The zero-order valence-corrected chi connectivity index (χ0v) is 17.1. The number of carbonyl (C=O) groups is 1. The normalized spacial score (nSPS) is 13.6. The van der Waals surface area contributed by atoms with Crippen molar-refractivity contribution >= 4 is 49.2 Å². The number of nitrogens with zero attached hydrogens (tertiary/aromatic N) is 3. The van der Waals surface area contributed by atoms with Crippen LogP contribution in [-0.2, 0) is 0 Å². The molecule has 5 rings (SSSR count). The minimum Gasteiger partial charge on any atom is -0.296 e. The molecule has 0 unspecified atom stereocenters. The van der Waals surface area contributed by atoms with Crippen molar-refractivity contribution in [1.82, 2.24) is 15.2 Å². The highest BCUT2D eigenvalue weighted by atomic mass is 79.9. The Labute approximate surface area is 174 Å². The van der Waals surface area contributed by atoms with E-state index in [-0.39, 0.29) is 5.91 Å². The van der Waals surface area contributed by atoms with Crippen LogP contribution < -0.4 is 5.32 Å². The molecule has 0 bridgehead atoms. The number of benzene rings is 2. The molecule has 0 radical (unpaired) electrons. The smallest absolute Gasteiger partial charge is 0.258 e. The fourth-order valence-electron chi connectivity index (χ4n) is 3.08. The zero-order chi connectivity index (χ0) is 19.1. The predicted octanol–water partition coefficient (Wildman–Crippen LogP) is 5.65. The van der Waals surface area contributed by atoms with Crippen LogP contribution in [0.2, 0.25) is 0 Å². The van der Waals surface area contributed by atoms with Gasteiger partial charge in [0.25, 0.3) is 5.91 Å². The number of fused-ring (bicyclic) bond motifs is 1. The van der Waals surface area contributed by atoms with Crippen LogP contribution in [0.4, 0.5) is 5.13 Å². The number of hydrogen-bond donors (Lipinski definition) is 1. The molecule has 2 aromatic heterocycles. The monoisotopic (exact) mass is 450 g/mol. The number of para-hydroxylation sites is 1. The molecule has 1 N–H and O–H groups in total. The minimum atomic E-state index is -0.199. The lowest BCUT2D eigenvalue weighted by Gasteiger charge is -2.09. The molecule has 0 spiro atoms. The number of carbonyl (C=O) groups excluding carboxylic acids is 1. The number of rotatable bonds is 4. The number of pyridine rings is 1. The van der Waals surface area contributed by atoms with E-state index in [0.29, 0.717) is 16.6 Å². The third-order valence-electron chi connectivity index (χ3n) is 4.69. The Morgan fingerprint density at radius 2 is 1.86 bits per heavy atom. The van der Waals surface area contributed by atoms with E-state index in [9.17, 15) is 4.79 Å². The molecule has 1 saturated carbocycles. The van der Waals surface area contributed by atoms with Gasteiger partial charge in [0.05, 0.1) is 16.8 Å². The lowest BCUT2D eigenvalue weighted by molar-refractivity contribution is 0.102. The van der Waals surface area contributed by atoms with Gasteiger partial charge in [0, 0.05) is 21.3 Å². The number of nitrogens with one attached hydrogen (secondary N) is 1. The Morgan fingerprint density at radius 3 is 2.64 bits per heavy atom. The summed E-state index contributed by atoms with van der Waals surface area (Å²) in [5.41, 5.74) is 3.07. The van der Waals surface area contributed by atoms with Crippen molar-refractivity contribution in [2.45, 2.75) is 18.8 Å². The Balaban J connectivity index is 1.54. The van der Waals surface area contributed by atoms with Gasteiger partial charge in [0.1, 0.15) is 5.01 Å². The van der Waals surface area contributed by atoms with Crippen molar-refractivity contribution in [2.24, 2.45) is 0 Å². The van der Waals surface area contributed by atoms with Crippen molar-refractivity contribution in [3.05, 3.63) is 69.6 Å². The molecule has 0 atom stereocenters. The summed E-state index contributed by atoms with van der Waals surface area (Å²) in [6.07, 6.45) is 2.32. The maximum atomic E-state index is 13.1. The lowest BCUT2D eigenvalue weighted by atomic mass is 10.0. The van der Waals surface area contributed by atoms with Gasteiger partial charge in [0.2, 0.25) is 5.13 Å².